The third kappa shape index (κ3) is 4.46. The first-order valence-electron chi connectivity index (χ1n) is 7.22. The molecule has 1 heterocycles. The van der Waals surface area contributed by atoms with Gasteiger partial charge in [-0.25, -0.2) is 0 Å². The number of aromatic nitrogens is 1. The third-order valence-corrected chi connectivity index (χ3v) is 3.37. The van der Waals surface area contributed by atoms with E-state index in [1.165, 1.54) is 0 Å². The molecule has 0 unspecified atom stereocenters. The zero-order valence-corrected chi connectivity index (χ0v) is 13.7. The molecule has 0 atom stereocenters. The van der Waals surface area contributed by atoms with Crippen LogP contribution in [0.25, 0.3) is 0 Å². The van der Waals surface area contributed by atoms with Gasteiger partial charge in [-0.15, -0.1) is 0 Å². The van der Waals surface area contributed by atoms with E-state index in [0.29, 0.717) is 23.0 Å². The molecular formula is C17H20ClN3O. The summed E-state index contributed by atoms with van der Waals surface area (Å²) in [5.74, 6) is 0.299. The molecule has 1 amide bonds. The van der Waals surface area contributed by atoms with Crippen LogP contribution in [-0.2, 0) is 0 Å². The van der Waals surface area contributed by atoms with E-state index in [1.54, 1.807) is 18.5 Å². The van der Waals surface area contributed by atoms with Gasteiger partial charge in [-0.2, -0.15) is 0 Å². The number of anilines is 2. The fourth-order valence-electron chi connectivity index (χ4n) is 1.95. The Morgan fingerprint density at radius 3 is 2.73 bits per heavy atom. The quantitative estimate of drug-likeness (QED) is 0.870. The Kier molecular flexibility index (Phi) is 5.39. The fourth-order valence-corrected chi connectivity index (χ4v) is 2.18. The Morgan fingerprint density at radius 2 is 2.05 bits per heavy atom. The molecule has 0 saturated carbocycles. The number of pyridine rings is 1. The van der Waals surface area contributed by atoms with Crippen LogP contribution in [0.2, 0.25) is 5.02 Å². The Labute approximate surface area is 135 Å². The van der Waals surface area contributed by atoms with Crippen molar-refractivity contribution in [3.05, 3.63) is 52.8 Å². The molecule has 2 rings (SSSR count). The van der Waals surface area contributed by atoms with Crippen LogP contribution < -0.4 is 10.6 Å². The SMILES string of the molecule is Cc1cc(Cl)ccc1Nc1cncc(C(=O)NCC(C)C)c1. The van der Waals surface area contributed by atoms with Crippen LogP contribution >= 0.6 is 11.6 Å². The van der Waals surface area contributed by atoms with E-state index in [0.717, 1.165) is 16.9 Å². The molecule has 1 aromatic heterocycles. The van der Waals surface area contributed by atoms with Gasteiger partial charge in [-0.1, -0.05) is 25.4 Å². The molecule has 4 nitrogen and oxygen atoms in total. The number of nitrogens with zero attached hydrogens (tertiary/aromatic N) is 1. The topological polar surface area (TPSA) is 54.0 Å². The lowest BCUT2D eigenvalue weighted by Gasteiger charge is -2.11. The summed E-state index contributed by atoms with van der Waals surface area (Å²) in [6, 6.07) is 7.40. The average molecular weight is 318 g/mol. The van der Waals surface area contributed by atoms with Gasteiger partial charge in [0.2, 0.25) is 0 Å². The van der Waals surface area contributed by atoms with Gasteiger partial charge in [0, 0.05) is 23.5 Å². The van der Waals surface area contributed by atoms with Crippen molar-refractivity contribution < 1.29 is 4.79 Å². The second kappa shape index (κ2) is 7.27. The van der Waals surface area contributed by atoms with Crippen LogP contribution in [0.3, 0.4) is 0 Å². The standard InChI is InChI=1S/C17H20ClN3O/c1-11(2)8-20-17(22)13-7-15(10-19-9-13)21-16-5-4-14(18)6-12(16)3/h4-7,9-11,21H,8H2,1-3H3,(H,20,22). The predicted octanol–water partition coefficient (Wildman–Crippen LogP) is 4.17. The van der Waals surface area contributed by atoms with Crippen molar-refractivity contribution >= 4 is 28.9 Å². The highest BCUT2D eigenvalue weighted by Gasteiger charge is 2.08. The number of amides is 1. The normalized spacial score (nSPS) is 10.6. The van der Waals surface area contributed by atoms with Crippen LogP contribution in [0.5, 0.6) is 0 Å². The first kappa shape index (κ1) is 16.3. The van der Waals surface area contributed by atoms with E-state index in [-0.39, 0.29) is 5.91 Å². The van der Waals surface area contributed by atoms with Crippen molar-refractivity contribution in [1.82, 2.24) is 10.3 Å². The third-order valence-electron chi connectivity index (χ3n) is 3.14. The molecular weight excluding hydrogens is 298 g/mol. The molecule has 0 bridgehead atoms. The highest BCUT2D eigenvalue weighted by atomic mass is 35.5. The number of hydrogen-bond acceptors (Lipinski definition) is 3. The first-order valence-corrected chi connectivity index (χ1v) is 7.60. The average Bonchev–Trinajstić information content (AvgIpc) is 2.48. The maximum atomic E-state index is 12.1. The molecule has 22 heavy (non-hydrogen) atoms. The van der Waals surface area contributed by atoms with Crippen LogP contribution in [0, 0.1) is 12.8 Å². The largest absolute Gasteiger partial charge is 0.354 e. The van der Waals surface area contributed by atoms with Gasteiger partial charge in [-0.3, -0.25) is 9.78 Å². The molecule has 1 aromatic carbocycles. The first-order chi connectivity index (χ1) is 10.5. The monoisotopic (exact) mass is 317 g/mol. The van der Waals surface area contributed by atoms with E-state index in [1.807, 2.05) is 25.1 Å². The van der Waals surface area contributed by atoms with Crippen LogP contribution in [0.4, 0.5) is 11.4 Å². The van der Waals surface area contributed by atoms with E-state index in [2.05, 4.69) is 29.5 Å². The van der Waals surface area contributed by atoms with Gasteiger partial charge >= 0.3 is 0 Å². The number of hydrogen-bond donors (Lipinski definition) is 2. The van der Waals surface area contributed by atoms with Crippen molar-refractivity contribution in [2.75, 3.05) is 11.9 Å². The van der Waals surface area contributed by atoms with Gasteiger partial charge in [-0.05, 0) is 42.7 Å². The zero-order chi connectivity index (χ0) is 16.1. The zero-order valence-electron chi connectivity index (χ0n) is 13.0. The number of carbonyl (C=O) groups is 1. The second-order valence-electron chi connectivity index (χ2n) is 5.65. The highest BCUT2D eigenvalue weighted by Crippen LogP contribution is 2.23. The van der Waals surface area contributed by atoms with Crippen LogP contribution in [0.1, 0.15) is 29.8 Å². The number of nitrogens with one attached hydrogen (secondary N) is 2. The molecule has 0 aliphatic heterocycles. The number of halogens is 1. The molecule has 116 valence electrons. The van der Waals surface area contributed by atoms with Crippen molar-refractivity contribution in [3.63, 3.8) is 0 Å². The lowest BCUT2D eigenvalue weighted by atomic mass is 10.2. The summed E-state index contributed by atoms with van der Waals surface area (Å²) in [5.41, 5.74) is 3.27. The van der Waals surface area contributed by atoms with Crippen LogP contribution in [0.15, 0.2) is 36.7 Å². The number of benzene rings is 1. The lowest BCUT2D eigenvalue weighted by Crippen LogP contribution is -2.27. The van der Waals surface area contributed by atoms with E-state index in [4.69, 9.17) is 11.6 Å². The molecule has 2 aromatic rings. The fraction of sp³-hybridized carbons (Fsp3) is 0.294. The highest BCUT2D eigenvalue weighted by molar-refractivity contribution is 6.30. The number of rotatable bonds is 5. The summed E-state index contributed by atoms with van der Waals surface area (Å²) in [6.07, 6.45) is 3.25. The Balaban J connectivity index is 2.12. The van der Waals surface area contributed by atoms with E-state index < -0.39 is 0 Å². The second-order valence-corrected chi connectivity index (χ2v) is 6.09. The Bertz CT molecular complexity index is 671. The van der Waals surface area contributed by atoms with Gasteiger partial charge in [0.05, 0.1) is 17.4 Å². The molecule has 2 N–H and O–H groups in total. The molecule has 0 radical (unpaired) electrons. The molecule has 0 saturated heterocycles. The summed E-state index contributed by atoms with van der Waals surface area (Å²) >= 11 is 5.95. The minimum Gasteiger partial charge on any atom is -0.354 e. The Morgan fingerprint density at radius 1 is 1.27 bits per heavy atom. The van der Waals surface area contributed by atoms with Gasteiger partial charge < -0.3 is 10.6 Å². The maximum absolute atomic E-state index is 12.1. The van der Waals surface area contributed by atoms with Crippen molar-refractivity contribution in [1.29, 1.82) is 0 Å². The number of carbonyl (C=O) groups excluding carboxylic acids is 1. The molecule has 0 spiro atoms. The summed E-state index contributed by atoms with van der Waals surface area (Å²) in [7, 11) is 0. The minimum absolute atomic E-state index is 0.113. The van der Waals surface area contributed by atoms with Gasteiger partial charge in [0.1, 0.15) is 0 Å². The summed E-state index contributed by atoms with van der Waals surface area (Å²) < 4.78 is 0. The van der Waals surface area contributed by atoms with E-state index >= 15 is 0 Å². The van der Waals surface area contributed by atoms with Gasteiger partial charge in [0.25, 0.3) is 5.91 Å². The van der Waals surface area contributed by atoms with Crippen molar-refractivity contribution in [2.24, 2.45) is 5.92 Å². The summed E-state index contributed by atoms with van der Waals surface area (Å²) in [6.45, 7) is 6.73. The Hall–Kier alpha value is -2.07. The van der Waals surface area contributed by atoms with Crippen molar-refractivity contribution in [3.8, 4) is 0 Å². The summed E-state index contributed by atoms with van der Waals surface area (Å²) in [5, 5.41) is 6.84. The molecule has 5 heteroatoms. The minimum atomic E-state index is -0.113. The number of aryl methyl sites for hydroxylation is 1. The maximum Gasteiger partial charge on any atom is 0.252 e. The smallest absolute Gasteiger partial charge is 0.252 e. The molecule has 0 aliphatic rings. The summed E-state index contributed by atoms with van der Waals surface area (Å²) in [4.78, 5) is 16.2. The van der Waals surface area contributed by atoms with Gasteiger partial charge in [0.15, 0.2) is 0 Å². The predicted molar refractivity (Wildman–Crippen MR) is 90.9 cm³/mol. The lowest BCUT2D eigenvalue weighted by molar-refractivity contribution is 0.0948. The van der Waals surface area contributed by atoms with Crippen LogP contribution in [-0.4, -0.2) is 17.4 Å². The molecule has 0 fully saturated rings. The van der Waals surface area contributed by atoms with Crippen molar-refractivity contribution in [2.45, 2.75) is 20.8 Å². The molecule has 0 aliphatic carbocycles. The van der Waals surface area contributed by atoms with E-state index in [9.17, 15) is 4.79 Å².